The second-order valence-corrected chi connectivity index (χ2v) is 9.04. The van der Waals surface area contributed by atoms with Gasteiger partial charge in [-0.2, -0.15) is 4.98 Å². The Kier molecular flexibility index (Phi) is 7.55. The van der Waals surface area contributed by atoms with Crippen LogP contribution in [-0.4, -0.2) is 71.8 Å². The highest BCUT2D eigenvalue weighted by molar-refractivity contribution is 5.78. The minimum Gasteiger partial charge on any atom is -0.381 e. The molecule has 0 N–H and O–H groups in total. The number of amides is 1. The largest absolute Gasteiger partial charge is 0.381 e. The average Bonchev–Trinajstić information content (AvgIpc) is 3.46. The van der Waals surface area contributed by atoms with Gasteiger partial charge >= 0.3 is 0 Å². The first-order valence-corrected chi connectivity index (χ1v) is 11.7. The van der Waals surface area contributed by atoms with Crippen LogP contribution in [0.5, 0.6) is 0 Å². The number of carbonyl (C=O) groups is 1. The number of ether oxygens (including phenoxy) is 1. The molecule has 1 aromatic heterocycles. The Bertz CT molecular complexity index is 636. The van der Waals surface area contributed by atoms with Crippen LogP contribution in [0, 0.1) is 5.92 Å². The summed E-state index contributed by atoms with van der Waals surface area (Å²) in [5, 5.41) is 4.13. The highest BCUT2D eigenvalue weighted by atomic mass is 16.5. The van der Waals surface area contributed by atoms with Gasteiger partial charge in [-0.05, 0) is 51.1 Å². The fourth-order valence-corrected chi connectivity index (χ4v) is 4.90. The first-order valence-electron chi connectivity index (χ1n) is 11.7. The van der Waals surface area contributed by atoms with E-state index in [-0.39, 0.29) is 11.8 Å². The molecular formula is C22H36N4O3. The van der Waals surface area contributed by atoms with Crippen LogP contribution in [-0.2, 0) is 16.0 Å². The second kappa shape index (κ2) is 10.5. The van der Waals surface area contributed by atoms with E-state index < -0.39 is 0 Å². The van der Waals surface area contributed by atoms with Gasteiger partial charge < -0.3 is 14.2 Å². The molecule has 29 heavy (non-hydrogen) atoms. The van der Waals surface area contributed by atoms with E-state index in [1.807, 2.05) is 4.90 Å². The summed E-state index contributed by atoms with van der Waals surface area (Å²) in [6, 6.07) is 0. The maximum Gasteiger partial charge on any atom is 0.236 e. The van der Waals surface area contributed by atoms with Gasteiger partial charge in [0.1, 0.15) is 0 Å². The van der Waals surface area contributed by atoms with Crippen molar-refractivity contribution in [1.29, 1.82) is 0 Å². The van der Waals surface area contributed by atoms with Gasteiger partial charge in [0.25, 0.3) is 0 Å². The lowest BCUT2D eigenvalue weighted by Crippen LogP contribution is -2.39. The predicted molar refractivity (Wildman–Crippen MR) is 110 cm³/mol. The molecule has 1 saturated carbocycles. The molecule has 0 bridgehead atoms. The van der Waals surface area contributed by atoms with E-state index in [1.165, 1.54) is 51.4 Å². The average molecular weight is 405 g/mol. The maximum absolute atomic E-state index is 12.7. The van der Waals surface area contributed by atoms with Crippen LogP contribution >= 0.6 is 0 Å². The van der Waals surface area contributed by atoms with E-state index in [4.69, 9.17) is 9.26 Å². The zero-order chi connectivity index (χ0) is 19.9. The lowest BCUT2D eigenvalue weighted by atomic mass is 10.1. The van der Waals surface area contributed by atoms with E-state index >= 15 is 0 Å². The van der Waals surface area contributed by atoms with Crippen LogP contribution in [0.2, 0.25) is 0 Å². The molecule has 2 saturated heterocycles. The van der Waals surface area contributed by atoms with Crippen molar-refractivity contribution < 1.29 is 14.1 Å². The third kappa shape index (κ3) is 6.01. The van der Waals surface area contributed by atoms with Crippen molar-refractivity contribution in [2.24, 2.45) is 5.92 Å². The number of rotatable bonds is 8. The first-order chi connectivity index (χ1) is 14.3. The number of hydrogen-bond donors (Lipinski definition) is 0. The molecule has 4 rings (SSSR count). The fourth-order valence-electron chi connectivity index (χ4n) is 4.90. The molecule has 0 radical (unpaired) electrons. The smallest absolute Gasteiger partial charge is 0.236 e. The third-order valence-corrected chi connectivity index (χ3v) is 6.73. The van der Waals surface area contributed by atoms with Gasteiger partial charge in [0, 0.05) is 26.1 Å². The SMILES string of the molecule is O=C(CN1CCCCCC1)N1CCC(c2nc(CCOCC3CCCC3)no2)C1. The van der Waals surface area contributed by atoms with Gasteiger partial charge in [-0.15, -0.1) is 0 Å². The van der Waals surface area contributed by atoms with Crippen LogP contribution < -0.4 is 0 Å². The van der Waals surface area contributed by atoms with Crippen molar-refractivity contribution in [3.05, 3.63) is 11.7 Å². The number of likely N-dealkylation sites (tertiary alicyclic amines) is 2. The third-order valence-electron chi connectivity index (χ3n) is 6.73. The second-order valence-electron chi connectivity index (χ2n) is 9.04. The maximum atomic E-state index is 12.7. The molecule has 162 valence electrons. The summed E-state index contributed by atoms with van der Waals surface area (Å²) >= 11 is 0. The molecular weight excluding hydrogens is 368 g/mol. The summed E-state index contributed by atoms with van der Waals surface area (Å²) in [5.74, 6) is 2.56. The molecule has 7 heteroatoms. The van der Waals surface area contributed by atoms with Crippen LogP contribution in [0.1, 0.15) is 75.4 Å². The van der Waals surface area contributed by atoms with Gasteiger partial charge in [0.2, 0.25) is 11.8 Å². The van der Waals surface area contributed by atoms with Crippen molar-refractivity contribution in [2.75, 3.05) is 45.9 Å². The van der Waals surface area contributed by atoms with Crippen molar-refractivity contribution in [3.8, 4) is 0 Å². The highest BCUT2D eigenvalue weighted by Gasteiger charge is 2.31. The Morgan fingerprint density at radius 1 is 1.03 bits per heavy atom. The van der Waals surface area contributed by atoms with E-state index in [0.717, 1.165) is 44.4 Å². The van der Waals surface area contributed by atoms with Crippen molar-refractivity contribution >= 4 is 5.91 Å². The van der Waals surface area contributed by atoms with Crippen LogP contribution in [0.15, 0.2) is 4.52 Å². The Morgan fingerprint density at radius 3 is 2.62 bits per heavy atom. The Morgan fingerprint density at radius 2 is 1.83 bits per heavy atom. The highest BCUT2D eigenvalue weighted by Crippen LogP contribution is 2.27. The number of aromatic nitrogens is 2. The Labute approximate surface area is 174 Å². The molecule has 1 aromatic rings. The summed E-state index contributed by atoms with van der Waals surface area (Å²) in [5.41, 5.74) is 0. The standard InChI is InChI=1S/C22H36N4O3/c27-21(16-25-11-5-1-2-6-12-25)26-13-9-19(15-26)22-23-20(24-29-22)10-14-28-17-18-7-3-4-8-18/h18-19H,1-17H2. The normalized spacial score (nSPS) is 24.3. The Balaban J connectivity index is 1.18. The summed E-state index contributed by atoms with van der Waals surface area (Å²) in [7, 11) is 0. The van der Waals surface area contributed by atoms with Crippen LogP contribution in [0.3, 0.4) is 0 Å². The van der Waals surface area contributed by atoms with Gasteiger partial charge in [0.05, 0.1) is 19.1 Å². The summed E-state index contributed by atoms with van der Waals surface area (Å²) in [4.78, 5) is 21.6. The van der Waals surface area contributed by atoms with Gasteiger partial charge in [-0.1, -0.05) is 30.8 Å². The molecule has 1 aliphatic carbocycles. The summed E-state index contributed by atoms with van der Waals surface area (Å²) in [6.07, 6.45) is 11.9. The topological polar surface area (TPSA) is 71.7 Å². The van der Waals surface area contributed by atoms with Crippen molar-refractivity contribution in [2.45, 2.75) is 70.1 Å². The molecule has 3 aliphatic rings. The van der Waals surface area contributed by atoms with E-state index in [2.05, 4.69) is 15.0 Å². The Hall–Kier alpha value is -1.47. The first kappa shape index (κ1) is 20.8. The number of carbonyl (C=O) groups excluding carboxylic acids is 1. The molecule has 2 aliphatic heterocycles. The molecule has 3 heterocycles. The minimum absolute atomic E-state index is 0.170. The van der Waals surface area contributed by atoms with Crippen LogP contribution in [0.4, 0.5) is 0 Å². The lowest BCUT2D eigenvalue weighted by molar-refractivity contribution is -0.131. The molecule has 0 aromatic carbocycles. The molecule has 3 fully saturated rings. The van der Waals surface area contributed by atoms with Gasteiger partial charge in [-0.3, -0.25) is 9.69 Å². The fraction of sp³-hybridized carbons (Fsp3) is 0.864. The van der Waals surface area contributed by atoms with Crippen molar-refractivity contribution in [1.82, 2.24) is 19.9 Å². The molecule has 1 atom stereocenters. The van der Waals surface area contributed by atoms with E-state index in [0.29, 0.717) is 32.0 Å². The van der Waals surface area contributed by atoms with Crippen LogP contribution in [0.25, 0.3) is 0 Å². The van der Waals surface area contributed by atoms with Crippen molar-refractivity contribution in [3.63, 3.8) is 0 Å². The molecule has 7 nitrogen and oxygen atoms in total. The number of hydrogen-bond acceptors (Lipinski definition) is 6. The molecule has 1 amide bonds. The quantitative estimate of drug-likeness (QED) is 0.620. The number of nitrogens with zero attached hydrogens (tertiary/aromatic N) is 4. The minimum atomic E-state index is 0.170. The summed E-state index contributed by atoms with van der Waals surface area (Å²) < 4.78 is 11.3. The zero-order valence-corrected chi connectivity index (χ0v) is 17.7. The van der Waals surface area contributed by atoms with Gasteiger partial charge in [-0.25, -0.2) is 0 Å². The predicted octanol–water partition coefficient (Wildman–Crippen LogP) is 3.01. The van der Waals surface area contributed by atoms with E-state index in [1.54, 1.807) is 0 Å². The molecule has 1 unspecified atom stereocenters. The lowest BCUT2D eigenvalue weighted by Gasteiger charge is -2.23. The van der Waals surface area contributed by atoms with Gasteiger partial charge in [0.15, 0.2) is 5.82 Å². The zero-order valence-electron chi connectivity index (χ0n) is 17.7. The summed E-state index contributed by atoms with van der Waals surface area (Å²) in [6.45, 7) is 5.67. The van der Waals surface area contributed by atoms with E-state index in [9.17, 15) is 4.79 Å². The molecule has 0 spiro atoms. The monoisotopic (exact) mass is 404 g/mol.